The van der Waals surface area contributed by atoms with Crippen molar-refractivity contribution in [1.82, 2.24) is 9.66 Å². The molecule has 6 rings (SSSR count). The van der Waals surface area contributed by atoms with E-state index >= 15 is 0 Å². The summed E-state index contributed by atoms with van der Waals surface area (Å²) in [6, 6.07) is 25.9. The van der Waals surface area contributed by atoms with Crippen molar-refractivity contribution in [2.24, 2.45) is 5.10 Å². The van der Waals surface area contributed by atoms with Gasteiger partial charge in [-0.3, -0.25) is 4.79 Å². The molecule has 0 bridgehead atoms. The molecular weight excluding hydrogens is 610 g/mol. The molecule has 41 heavy (non-hydrogen) atoms. The molecule has 202 valence electrons. The quantitative estimate of drug-likeness (QED) is 0.185. The van der Waals surface area contributed by atoms with Crippen LogP contribution in [-0.2, 0) is 6.61 Å². The van der Waals surface area contributed by atoms with E-state index in [0.29, 0.717) is 38.6 Å². The number of nitrogens with zero attached hydrogens (tertiary/aromatic N) is 3. The van der Waals surface area contributed by atoms with Gasteiger partial charge >= 0.3 is 5.97 Å². The zero-order valence-electron chi connectivity index (χ0n) is 21.1. The maximum atomic E-state index is 13.6. The summed E-state index contributed by atoms with van der Waals surface area (Å²) >= 11 is 9.65. The van der Waals surface area contributed by atoms with E-state index in [4.69, 9.17) is 30.8 Å². The number of carboxylic acid groups (broad SMARTS) is 1. The topological polar surface area (TPSA) is 107 Å². The molecule has 0 saturated carbocycles. The Morgan fingerprint density at radius 2 is 1.85 bits per heavy atom. The number of fused-ring (bicyclic) bond motifs is 2. The predicted molar refractivity (Wildman–Crippen MR) is 161 cm³/mol. The zero-order chi connectivity index (χ0) is 28.5. The van der Waals surface area contributed by atoms with Gasteiger partial charge in [-0.05, 0) is 72.3 Å². The van der Waals surface area contributed by atoms with Gasteiger partial charge in [0.25, 0.3) is 5.56 Å². The molecule has 0 fully saturated rings. The van der Waals surface area contributed by atoms with Crippen molar-refractivity contribution in [1.29, 1.82) is 0 Å². The Bertz CT molecular complexity index is 2030. The van der Waals surface area contributed by atoms with Crippen LogP contribution in [0.3, 0.4) is 0 Å². The van der Waals surface area contributed by atoms with Crippen LogP contribution in [0.5, 0.6) is 5.75 Å². The molecule has 0 saturated heterocycles. The van der Waals surface area contributed by atoms with Crippen LogP contribution in [0.1, 0.15) is 21.5 Å². The molecule has 0 spiro atoms. The van der Waals surface area contributed by atoms with E-state index in [9.17, 15) is 9.59 Å². The highest BCUT2D eigenvalue weighted by molar-refractivity contribution is 9.10. The second-order valence-corrected chi connectivity index (χ2v) is 10.4. The monoisotopic (exact) mass is 627 g/mol. The Hall–Kier alpha value is -4.73. The first-order valence-electron chi connectivity index (χ1n) is 12.4. The Kier molecular flexibility index (Phi) is 7.13. The molecule has 1 N–H and O–H groups in total. The summed E-state index contributed by atoms with van der Waals surface area (Å²) in [6.07, 6.45) is 1.52. The highest BCUT2D eigenvalue weighted by Gasteiger charge is 2.17. The number of hydrogen-bond donors (Lipinski definition) is 1. The van der Waals surface area contributed by atoms with E-state index in [2.05, 4.69) is 21.0 Å². The van der Waals surface area contributed by atoms with Crippen molar-refractivity contribution in [3.63, 3.8) is 0 Å². The van der Waals surface area contributed by atoms with E-state index in [1.807, 2.05) is 18.2 Å². The van der Waals surface area contributed by atoms with Crippen LogP contribution in [0.4, 0.5) is 0 Å². The molecule has 0 radical (unpaired) electrons. The number of aromatic carboxylic acids is 1. The van der Waals surface area contributed by atoms with Crippen molar-refractivity contribution < 1.29 is 19.1 Å². The molecule has 0 aliphatic carbocycles. The second kappa shape index (κ2) is 11.0. The third-order valence-corrected chi connectivity index (χ3v) is 7.06. The number of para-hydroxylation sites is 1. The first kappa shape index (κ1) is 26.5. The number of benzene rings is 4. The fourth-order valence-electron chi connectivity index (χ4n) is 4.29. The van der Waals surface area contributed by atoms with Crippen LogP contribution >= 0.6 is 27.5 Å². The number of halogens is 2. The molecule has 2 aromatic heterocycles. The summed E-state index contributed by atoms with van der Waals surface area (Å²) in [4.78, 5) is 29.5. The fourth-order valence-corrected chi connectivity index (χ4v) is 4.85. The average molecular weight is 629 g/mol. The molecule has 10 heteroatoms. The molecule has 0 atom stereocenters. The van der Waals surface area contributed by atoms with Crippen LogP contribution in [0.2, 0.25) is 5.02 Å². The SMILES string of the molecule is O=C(O)c1ccc(COc2ccc(Br)cc2C=Nn2c(-c3cc4cc(Cl)ccc4o3)nc3ccccc3c2=O)cc1. The maximum Gasteiger partial charge on any atom is 0.335 e. The number of hydrogen-bond acceptors (Lipinski definition) is 6. The number of ether oxygens (including phenoxy) is 1. The van der Waals surface area contributed by atoms with Crippen molar-refractivity contribution >= 4 is 61.6 Å². The van der Waals surface area contributed by atoms with Crippen molar-refractivity contribution in [2.75, 3.05) is 0 Å². The number of carboxylic acids is 1. The van der Waals surface area contributed by atoms with Gasteiger partial charge in [0.15, 0.2) is 5.76 Å². The summed E-state index contributed by atoms with van der Waals surface area (Å²) in [5.74, 6) is 0.111. The van der Waals surface area contributed by atoms with Crippen molar-refractivity contribution in [2.45, 2.75) is 6.61 Å². The Morgan fingerprint density at radius 1 is 1.05 bits per heavy atom. The van der Waals surface area contributed by atoms with Crippen LogP contribution in [0.25, 0.3) is 33.5 Å². The highest BCUT2D eigenvalue weighted by Crippen LogP contribution is 2.29. The average Bonchev–Trinajstić information content (AvgIpc) is 3.39. The van der Waals surface area contributed by atoms with Gasteiger partial charge in [0.1, 0.15) is 17.9 Å². The largest absolute Gasteiger partial charge is 0.488 e. The lowest BCUT2D eigenvalue weighted by molar-refractivity contribution is 0.0697. The second-order valence-electron chi connectivity index (χ2n) is 9.08. The van der Waals surface area contributed by atoms with E-state index in [-0.39, 0.29) is 23.6 Å². The molecular formula is C31H19BrClN3O5. The van der Waals surface area contributed by atoms with Crippen LogP contribution in [0.15, 0.2) is 110 Å². The molecule has 8 nitrogen and oxygen atoms in total. The summed E-state index contributed by atoms with van der Waals surface area (Å²) in [6.45, 7) is 0.201. The molecule has 6 aromatic rings. The van der Waals surface area contributed by atoms with Crippen molar-refractivity contribution in [3.05, 3.63) is 128 Å². The van der Waals surface area contributed by atoms with E-state index in [1.54, 1.807) is 60.7 Å². The number of aromatic nitrogens is 2. The van der Waals surface area contributed by atoms with Gasteiger partial charge in [0, 0.05) is 20.4 Å². The van der Waals surface area contributed by atoms with Gasteiger partial charge in [-0.2, -0.15) is 9.78 Å². The highest BCUT2D eigenvalue weighted by atomic mass is 79.9. The molecule has 2 heterocycles. The van der Waals surface area contributed by atoms with Gasteiger partial charge < -0.3 is 14.3 Å². The molecule has 0 aliphatic rings. The van der Waals surface area contributed by atoms with Crippen molar-refractivity contribution in [3.8, 4) is 17.3 Å². The predicted octanol–water partition coefficient (Wildman–Crippen LogP) is 7.39. The minimum Gasteiger partial charge on any atom is -0.488 e. The lowest BCUT2D eigenvalue weighted by atomic mass is 10.1. The Balaban J connectivity index is 1.40. The minimum absolute atomic E-state index is 0.197. The summed E-state index contributed by atoms with van der Waals surface area (Å²) in [5, 5.41) is 15.4. The molecule has 0 amide bonds. The summed E-state index contributed by atoms with van der Waals surface area (Å²) in [5.41, 5.74) is 2.34. The first-order valence-corrected chi connectivity index (χ1v) is 13.5. The molecule has 0 unspecified atom stereocenters. The van der Waals surface area contributed by atoms with Gasteiger partial charge in [0.2, 0.25) is 5.82 Å². The Labute approximate surface area is 246 Å². The first-order chi connectivity index (χ1) is 19.9. The van der Waals surface area contributed by atoms with Gasteiger partial charge in [-0.15, -0.1) is 0 Å². The van der Waals surface area contributed by atoms with Crippen LogP contribution < -0.4 is 10.3 Å². The third kappa shape index (κ3) is 5.50. The minimum atomic E-state index is -0.992. The van der Waals surface area contributed by atoms with Crippen LogP contribution in [0, 0.1) is 0 Å². The lowest BCUT2D eigenvalue weighted by Crippen LogP contribution is -2.20. The Morgan fingerprint density at radius 3 is 2.66 bits per heavy atom. The number of furan rings is 1. The van der Waals surface area contributed by atoms with Gasteiger partial charge in [0.05, 0.1) is 22.7 Å². The normalized spacial score (nSPS) is 11.5. The maximum absolute atomic E-state index is 13.6. The van der Waals surface area contributed by atoms with E-state index < -0.39 is 5.97 Å². The molecule has 0 aliphatic heterocycles. The summed E-state index contributed by atoms with van der Waals surface area (Å²) < 4.78 is 14.1. The lowest BCUT2D eigenvalue weighted by Gasteiger charge is -2.11. The van der Waals surface area contributed by atoms with Gasteiger partial charge in [-0.1, -0.05) is 51.8 Å². The zero-order valence-corrected chi connectivity index (χ0v) is 23.5. The number of carbonyl (C=O) groups is 1. The summed E-state index contributed by atoms with van der Waals surface area (Å²) in [7, 11) is 0. The van der Waals surface area contributed by atoms with Crippen LogP contribution in [-0.4, -0.2) is 27.0 Å². The van der Waals surface area contributed by atoms with E-state index in [0.717, 1.165) is 15.4 Å². The number of rotatable bonds is 7. The van der Waals surface area contributed by atoms with Gasteiger partial charge in [-0.25, -0.2) is 9.78 Å². The third-order valence-electron chi connectivity index (χ3n) is 6.33. The fraction of sp³-hybridized carbons (Fsp3) is 0.0323. The standard InChI is InChI=1S/C31H19BrClN3O5/c32-22-9-11-26(40-17-18-5-7-19(8-6-18)31(38)39)21(13-22)16-34-36-29(35-25-4-2-1-3-24(25)30(36)37)28-15-20-14-23(33)10-12-27(20)41-28/h1-16H,17H2,(H,38,39). The smallest absolute Gasteiger partial charge is 0.335 e. The molecule has 4 aromatic carbocycles. The van der Waals surface area contributed by atoms with E-state index in [1.165, 1.54) is 23.0 Å².